The van der Waals surface area contributed by atoms with E-state index in [4.69, 9.17) is 0 Å². The number of aromatic nitrogens is 2. The Hall–Kier alpha value is -3.03. The molecular weight excluding hydrogens is 321 g/mol. The van der Waals surface area contributed by atoms with Gasteiger partial charge in [-0.3, -0.25) is 0 Å². The second-order valence-electron chi connectivity index (χ2n) is 5.09. The summed E-state index contributed by atoms with van der Waals surface area (Å²) in [6, 6.07) is 11.2. The zero-order valence-electron chi connectivity index (χ0n) is 12.3. The molecule has 0 saturated heterocycles. The average molecular weight is 334 g/mol. The maximum Gasteiger partial charge on any atom is 0.416 e. The highest BCUT2D eigenvalue weighted by atomic mass is 19.4. The van der Waals surface area contributed by atoms with E-state index in [1.165, 1.54) is 12.1 Å². The second kappa shape index (κ2) is 6.23. The summed E-state index contributed by atoms with van der Waals surface area (Å²) in [4.78, 5) is 11.8. The molecule has 0 atom stereocenters. The Balaban J connectivity index is 1.61. The van der Waals surface area contributed by atoms with Crippen LogP contribution in [-0.4, -0.2) is 15.6 Å². The van der Waals surface area contributed by atoms with Crippen LogP contribution >= 0.6 is 0 Å². The fraction of sp³-hybridized carbons (Fsp3) is 0.125. The maximum atomic E-state index is 12.6. The summed E-state index contributed by atoms with van der Waals surface area (Å²) in [7, 11) is 0. The van der Waals surface area contributed by atoms with Gasteiger partial charge in [-0.05, 0) is 36.4 Å². The van der Waals surface area contributed by atoms with Crippen LogP contribution in [0.5, 0.6) is 0 Å². The molecule has 3 rings (SSSR count). The van der Waals surface area contributed by atoms with Gasteiger partial charge in [-0.25, -0.2) is 9.31 Å². The van der Waals surface area contributed by atoms with Gasteiger partial charge in [0.25, 0.3) is 0 Å². The van der Waals surface area contributed by atoms with Crippen LogP contribution in [0.15, 0.2) is 54.7 Å². The number of benzene rings is 1. The lowest BCUT2D eigenvalue weighted by atomic mass is 10.2. The molecule has 1 aromatic carbocycles. The molecular formula is C16H13F3N4O. The van der Waals surface area contributed by atoms with Crippen LogP contribution < -0.4 is 10.6 Å². The van der Waals surface area contributed by atoms with E-state index in [0.29, 0.717) is 5.69 Å². The Morgan fingerprint density at radius 1 is 1.12 bits per heavy atom. The number of urea groups is 1. The zero-order valence-corrected chi connectivity index (χ0v) is 12.3. The van der Waals surface area contributed by atoms with Crippen molar-refractivity contribution in [3.63, 3.8) is 0 Å². The number of nitrogens with one attached hydrogen (secondary N) is 2. The van der Waals surface area contributed by atoms with Crippen molar-refractivity contribution in [1.29, 1.82) is 0 Å². The summed E-state index contributed by atoms with van der Waals surface area (Å²) in [6.45, 7) is 0.159. The lowest BCUT2D eigenvalue weighted by Gasteiger charge is -2.10. The standard InChI is InChI=1S/C16H13F3N4O/c17-16(18,19)11-4-3-5-12(8-11)21-15(24)20-10-13-9-14-6-1-2-7-23(14)22-13/h1-9H,10H2,(H2,20,21,24). The van der Waals surface area contributed by atoms with Gasteiger partial charge in [0.05, 0.1) is 23.3 Å². The topological polar surface area (TPSA) is 58.4 Å². The summed E-state index contributed by atoms with van der Waals surface area (Å²) in [6.07, 6.45) is -2.67. The van der Waals surface area contributed by atoms with Crippen molar-refractivity contribution < 1.29 is 18.0 Å². The first-order valence-electron chi connectivity index (χ1n) is 7.07. The molecule has 24 heavy (non-hydrogen) atoms. The van der Waals surface area contributed by atoms with Crippen LogP contribution in [0, 0.1) is 0 Å². The Labute approximate surface area is 135 Å². The number of nitrogens with zero attached hydrogens (tertiary/aromatic N) is 2. The molecule has 8 heteroatoms. The van der Waals surface area contributed by atoms with E-state index in [1.54, 1.807) is 10.7 Å². The molecule has 0 bridgehead atoms. The van der Waals surface area contributed by atoms with Gasteiger partial charge >= 0.3 is 12.2 Å². The molecule has 2 N–H and O–H groups in total. The Kier molecular flexibility index (Phi) is 4.11. The smallest absolute Gasteiger partial charge is 0.332 e. The summed E-state index contributed by atoms with van der Waals surface area (Å²) in [5.41, 5.74) is 0.769. The van der Waals surface area contributed by atoms with Gasteiger partial charge in [0.1, 0.15) is 0 Å². The first-order chi connectivity index (χ1) is 11.4. The van der Waals surface area contributed by atoms with Gasteiger partial charge in [-0.2, -0.15) is 18.3 Å². The van der Waals surface area contributed by atoms with Crippen LogP contribution in [0.2, 0.25) is 0 Å². The molecule has 0 aliphatic carbocycles. The van der Waals surface area contributed by atoms with Crippen molar-refractivity contribution in [3.8, 4) is 0 Å². The van der Waals surface area contributed by atoms with E-state index < -0.39 is 17.8 Å². The number of hydrogen-bond acceptors (Lipinski definition) is 2. The van der Waals surface area contributed by atoms with Crippen molar-refractivity contribution in [2.75, 3.05) is 5.32 Å². The van der Waals surface area contributed by atoms with Crippen molar-refractivity contribution >= 4 is 17.2 Å². The van der Waals surface area contributed by atoms with E-state index in [0.717, 1.165) is 17.6 Å². The highest BCUT2D eigenvalue weighted by molar-refractivity contribution is 5.89. The number of alkyl halides is 3. The Morgan fingerprint density at radius 3 is 2.71 bits per heavy atom. The largest absolute Gasteiger partial charge is 0.416 e. The molecule has 0 unspecified atom stereocenters. The number of amides is 2. The Bertz CT molecular complexity index is 840. The number of rotatable bonds is 3. The van der Waals surface area contributed by atoms with Crippen molar-refractivity contribution in [3.05, 3.63) is 66.0 Å². The zero-order chi connectivity index (χ0) is 17.2. The van der Waals surface area contributed by atoms with E-state index in [-0.39, 0.29) is 12.2 Å². The quantitative estimate of drug-likeness (QED) is 0.768. The highest BCUT2D eigenvalue weighted by Gasteiger charge is 2.30. The first kappa shape index (κ1) is 15.9. The van der Waals surface area contributed by atoms with Crippen molar-refractivity contribution in [2.24, 2.45) is 0 Å². The third kappa shape index (κ3) is 3.65. The Morgan fingerprint density at radius 2 is 1.96 bits per heavy atom. The summed E-state index contributed by atoms with van der Waals surface area (Å²) in [5, 5.41) is 9.20. The third-order valence-corrected chi connectivity index (χ3v) is 3.30. The predicted molar refractivity (Wildman–Crippen MR) is 82.5 cm³/mol. The summed E-state index contributed by atoms with van der Waals surface area (Å²) < 4.78 is 39.6. The lowest BCUT2D eigenvalue weighted by molar-refractivity contribution is -0.137. The van der Waals surface area contributed by atoms with Crippen LogP contribution in [0.25, 0.3) is 5.52 Å². The summed E-state index contributed by atoms with van der Waals surface area (Å²) >= 11 is 0. The molecule has 0 spiro atoms. The van der Waals surface area contributed by atoms with E-state index >= 15 is 0 Å². The molecule has 2 amide bonds. The van der Waals surface area contributed by atoms with Gasteiger partial charge in [-0.1, -0.05) is 12.1 Å². The number of pyridine rings is 1. The lowest BCUT2D eigenvalue weighted by Crippen LogP contribution is -2.28. The second-order valence-corrected chi connectivity index (χ2v) is 5.09. The van der Waals surface area contributed by atoms with Gasteiger partial charge in [-0.15, -0.1) is 0 Å². The average Bonchev–Trinajstić information content (AvgIpc) is 2.95. The number of carbonyl (C=O) groups is 1. The SMILES string of the molecule is O=C(NCc1cc2ccccn2n1)Nc1cccc(C(F)(F)F)c1. The monoisotopic (exact) mass is 334 g/mol. The van der Waals surface area contributed by atoms with Gasteiger partial charge in [0.15, 0.2) is 0 Å². The van der Waals surface area contributed by atoms with Gasteiger partial charge in [0.2, 0.25) is 0 Å². The predicted octanol–water partition coefficient (Wildman–Crippen LogP) is 3.67. The van der Waals surface area contributed by atoms with Crippen LogP contribution in [-0.2, 0) is 12.7 Å². The van der Waals surface area contributed by atoms with E-state index in [9.17, 15) is 18.0 Å². The first-order valence-corrected chi connectivity index (χ1v) is 7.07. The van der Waals surface area contributed by atoms with E-state index in [1.807, 2.05) is 24.3 Å². The molecule has 0 fully saturated rings. The number of carbonyl (C=O) groups excluding carboxylic acids is 1. The minimum Gasteiger partial charge on any atom is -0.332 e. The van der Waals surface area contributed by atoms with Crippen LogP contribution in [0.1, 0.15) is 11.3 Å². The van der Waals surface area contributed by atoms with Crippen LogP contribution in [0.4, 0.5) is 23.7 Å². The molecule has 2 aromatic heterocycles. The van der Waals surface area contributed by atoms with Crippen LogP contribution in [0.3, 0.4) is 0 Å². The minimum absolute atomic E-state index is 0.0670. The molecule has 0 saturated carbocycles. The molecule has 0 radical (unpaired) electrons. The van der Waals surface area contributed by atoms with Crippen molar-refractivity contribution in [1.82, 2.24) is 14.9 Å². The number of fused-ring (bicyclic) bond motifs is 1. The fourth-order valence-corrected chi connectivity index (χ4v) is 2.20. The van der Waals surface area contributed by atoms with E-state index in [2.05, 4.69) is 15.7 Å². The van der Waals surface area contributed by atoms with Gasteiger partial charge in [0, 0.05) is 11.9 Å². The molecule has 3 aromatic rings. The fourth-order valence-electron chi connectivity index (χ4n) is 2.20. The molecule has 0 aliphatic heterocycles. The summed E-state index contributed by atoms with van der Waals surface area (Å²) in [5.74, 6) is 0. The highest BCUT2D eigenvalue weighted by Crippen LogP contribution is 2.30. The number of halogens is 3. The molecule has 124 valence electrons. The number of anilines is 1. The normalized spacial score (nSPS) is 11.5. The minimum atomic E-state index is -4.45. The number of hydrogen-bond donors (Lipinski definition) is 2. The maximum absolute atomic E-state index is 12.6. The van der Waals surface area contributed by atoms with Gasteiger partial charge < -0.3 is 10.6 Å². The molecule has 5 nitrogen and oxygen atoms in total. The molecule has 2 heterocycles. The van der Waals surface area contributed by atoms with Crippen molar-refractivity contribution in [2.45, 2.75) is 12.7 Å². The molecule has 0 aliphatic rings. The third-order valence-electron chi connectivity index (χ3n) is 3.30.